The van der Waals surface area contributed by atoms with E-state index in [-0.39, 0.29) is 12.2 Å². The molecule has 1 aromatic heterocycles. The lowest BCUT2D eigenvalue weighted by Crippen LogP contribution is -2.36. The number of benzene rings is 1. The number of aldehydes is 1. The van der Waals surface area contributed by atoms with Gasteiger partial charge in [-0.25, -0.2) is 4.79 Å². The highest BCUT2D eigenvalue weighted by Gasteiger charge is 2.30. The highest BCUT2D eigenvalue weighted by atomic mass is 16.6. The Kier molecular flexibility index (Phi) is 5.02. The summed E-state index contributed by atoms with van der Waals surface area (Å²) in [6, 6.07) is 10.9. The van der Waals surface area contributed by atoms with E-state index in [0.29, 0.717) is 30.9 Å². The Morgan fingerprint density at radius 1 is 1.19 bits per heavy atom. The van der Waals surface area contributed by atoms with Crippen LogP contribution in [0.4, 0.5) is 4.79 Å². The third kappa shape index (κ3) is 4.45. The molecule has 1 aliphatic heterocycles. The van der Waals surface area contributed by atoms with Crippen LogP contribution < -0.4 is 4.74 Å². The minimum atomic E-state index is -0.499. The van der Waals surface area contributed by atoms with E-state index in [1.54, 1.807) is 17.0 Å². The lowest BCUT2D eigenvalue weighted by molar-refractivity contribution is 0.0275. The maximum atomic E-state index is 12.1. The number of hydrogen-bond donors (Lipinski definition) is 0. The van der Waals surface area contributed by atoms with Crippen molar-refractivity contribution in [3.8, 4) is 17.1 Å². The molecule has 1 aliphatic rings. The standard InChI is InChI=1S/C20H23NO5/c1-20(2,3)26-19(23)21-11-10-16(12-21)24-15-6-4-14(5-7-15)18-9-8-17(13-22)25-18/h4-9,13,16H,10-12H2,1-3H3. The quantitative estimate of drug-likeness (QED) is 0.769. The monoisotopic (exact) mass is 357 g/mol. The van der Waals surface area contributed by atoms with Gasteiger partial charge in [-0.1, -0.05) is 0 Å². The van der Waals surface area contributed by atoms with E-state index in [9.17, 15) is 9.59 Å². The smallest absolute Gasteiger partial charge is 0.410 e. The predicted molar refractivity (Wildman–Crippen MR) is 96.4 cm³/mol. The zero-order valence-corrected chi connectivity index (χ0v) is 15.2. The lowest BCUT2D eigenvalue weighted by atomic mass is 10.1. The highest BCUT2D eigenvalue weighted by molar-refractivity contribution is 5.72. The molecule has 138 valence electrons. The molecule has 2 aromatic rings. The topological polar surface area (TPSA) is 69.0 Å². The first-order valence-electron chi connectivity index (χ1n) is 8.64. The number of amides is 1. The van der Waals surface area contributed by atoms with Gasteiger partial charge in [-0.2, -0.15) is 0 Å². The molecule has 1 fully saturated rings. The van der Waals surface area contributed by atoms with Gasteiger partial charge < -0.3 is 18.8 Å². The molecule has 0 bridgehead atoms. The molecule has 0 aliphatic carbocycles. The first kappa shape index (κ1) is 18.0. The predicted octanol–water partition coefficient (Wildman–Crippen LogP) is 4.15. The molecule has 26 heavy (non-hydrogen) atoms. The van der Waals surface area contributed by atoms with Gasteiger partial charge in [-0.3, -0.25) is 4.79 Å². The average molecular weight is 357 g/mol. The summed E-state index contributed by atoms with van der Waals surface area (Å²) in [5.41, 5.74) is 0.369. The first-order chi connectivity index (χ1) is 12.3. The van der Waals surface area contributed by atoms with Gasteiger partial charge in [-0.05, 0) is 57.2 Å². The van der Waals surface area contributed by atoms with Crippen molar-refractivity contribution in [2.75, 3.05) is 13.1 Å². The molecule has 3 rings (SSSR count). The van der Waals surface area contributed by atoms with Gasteiger partial charge in [0.15, 0.2) is 12.0 Å². The molecule has 6 nitrogen and oxygen atoms in total. The maximum absolute atomic E-state index is 12.1. The van der Waals surface area contributed by atoms with Crippen LogP contribution in [0.1, 0.15) is 37.7 Å². The summed E-state index contributed by atoms with van der Waals surface area (Å²) in [6.07, 6.45) is 1.08. The number of likely N-dealkylation sites (tertiary alicyclic amines) is 1. The molecule has 1 saturated heterocycles. The SMILES string of the molecule is CC(C)(C)OC(=O)N1CCC(Oc2ccc(-c3ccc(C=O)o3)cc2)C1. The lowest BCUT2D eigenvalue weighted by Gasteiger charge is -2.24. The summed E-state index contributed by atoms with van der Waals surface area (Å²) >= 11 is 0. The van der Waals surface area contributed by atoms with Gasteiger partial charge in [0.25, 0.3) is 0 Å². The van der Waals surface area contributed by atoms with Crippen LogP contribution in [0.2, 0.25) is 0 Å². The second-order valence-corrected chi connectivity index (χ2v) is 7.30. The molecular formula is C20H23NO5. The molecular weight excluding hydrogens is 334 g/mol. The zero-order valence-electron chi connectivity index (χ0n) is 15.2. The average Bonchev–Trinajstić information content (AvgIpc) is 3.23. The van der Waals surface area contributed by atoms with Crippen molar-refractivity contribution in [1.29, 1.82) is 0 Å². The van der Waals surface area contributed by atoms with Gasteiger partial charge in [0, 0.05) is 18.5 Å². The molecule has 1 atom stereocenters. The van der Waals surface area contributed by atoms with Crippen LogP contribution >= 0.6 is 0 Å². The number of hydrogen-bond acceptors (Lipinski definition) is 5. The fourth-order valence-corrected chi connectivity index (χ4v) is 2.78. The number of nitrogens with zero attached hydrogens (tertiary/aromatic N) is 1. The largest absolute Gasteiger partial charge is 0.489 e. The van der Waals surface area contributed by atoms with Crippen LogP contribution in [0.3, 0.4) is 0 Å². The zero-order chi connectivity index (χ0) is 18.7. The summed E-state index contributed by atoms with van der Waals surface area (Å²) in [6.45, 7) is 6.70. The Balaban J connectivity index is 1.56. The maximum Gasteiger partial charge on any atom is 0.410 e. The minimum Gasteiger partial charge on any atom is -0.489 e. The molecule has 2 heterocycles. The highest BCUT2D eigenvalue weighted by Crippen LogP contribution is 2.26. The van der Waals surface area contributed by atoms with E-state index in [4.69, 9.17) is 13.9 Å². The summed E-state index contributed by atoms with van der Waals surface area (Å²) in [7, 11) is 0. The van der Waals surface area contributed by atoms with Crippen LogP contribution in [0, 0.1) is 0 Å². The van der Waals surface area contributed by atoms with Crippen molar-refractivity contribution in [3.63, 3.8) is 0 Å². The molecule has 1 unspecified atom stereocenters. The Labute approximate surface area is 152 Å². The van der Waals surface area contributed by atoms with E-state index in [2.05, 4.69) is 0 Å². The molecule has 0 N–H and O–H groups in total. The first-order valence-corrected chi connectivity index (χ1v) is 8.64. The van der Waals surface area contributed by atoms with Gasteiger partial charge >= 0.3 is 6.09 Å². The van der Waals surface area contributed by atoms with Gasteiger partial charge in [0.2, 0.25) is 0 Å². The Morgan fingerprint density at radius 3 is 2.54 bits per heavy atom. The molecule has 0 radical (unpaired) electrons. The normalized spacial score (nSPS) is 17.2. The van der Waals surface area contributed by atoms with Gasteiger partial charge in [0.05, 0.1) is 6.54 Å². The fraction of sp³-hybridized carbons (Fsp3) is 0.400. The van der Waals surface area contributed by atoms with Crippen molar-refractivity contribution < 1.29 is 23.5 Å². The Bertz CT molecular complexity index is 772. The summed E-state index contributed by atoms with van der Waals surface area (Å²) in [4.78, 5) is 24.5. The van der Waals surface area contributed by atoms with E-state index >= 15 is 0 Å². The molecule has 1 aromatic carbocycles. The van der Waals surface area contributed by atoms with Crippen LogP contribution in [0.25, 0.3) is 11.3 Å². The molecule has 0 saturated carbocycles. The minimum absolute atomic E-state index is 0.0568. The third-order valence-electron chi connectivity index (χ3n) is 3.98. The molecule has 6 heteroatoms. The fourth-order valence-electron chi connectivity index (χ4n) is 2.78. The van der Waals surface area contributed by atoms with Crippen molar-refractivity contribution in [2.24, 2.45) is 0 Å². The van der Waals surface area contributed by atoms with E-state index in [0.717, 1.165) is 17.7 Å². The number of ether oxygens (including phenoxy) is 2. The number of carbonyl (C=O) groups is 2. The number of furan rings is 1. The van der Waals surface area contributed by atoms with Crippen molar-refractivity contribution in [3.05, 3.63) is 42.2 Å². The van der Waals surface area contributed by atoms with Crippen molar-refractivity contribution in [2.45, 2.75) is 38.9 Å². The molecule has 0 spiro atoms. The summed E-state index contributed by atoms with van der Waals surface area (Å²) in [5, 5.41) is 0. The van der Waals surface area contributed by atoms with Crippen LogP contribution in [0.15, 0.2) is 40.8 Å². The van der Waals surface area contributed by atoms with E-state index in [1.807, 2.05) is 45.0 Å². The summed E-state index contributed by atoms with van der Waals surface area (Å²) in [5.74, 6) is 1.66. The van der Waals surface area contributed by atoms with Crippen molar-refractivity contribution >= 4 is 12.4 Å². The van der Waals surface area contributed by atoms with Crippen LogP contribution in [-0.2, 0) is 4.74 Å². The van der Waals surface area contributed by atoms with E-state index < -0.39 is 5.60 Å². The Hall–Kier alpha value is -2.76. The van der Waals surface area contributed by atoms with Gasteiger partial charge in [0.1, 0.15) is 23.2 Å². The second-order valence-electron chi connectivity index (χ2n) is 7.30. The van der Waals surface area contributed by atoms with Crippen LogP contribution in [-0.4, -0.2) is 42.1 Å². The number of rotatable bonds is 4. The van der Waals surface area contributed by atoms with Gasteiger partial charge in [-0.15, -0.1) is 0 Å². The van der Waals surface area contributed by atoms with E-state index in [1.165, 1.54) is 0 Å². The second kappa shape index (κ2) is 7.23. The third-order valence-corrected chi connectivity index (χ3v) is 3.98. The van der Waals surface area contributed by atoms with Crippen LogP contribution in [0.5, 0.6) is 5.75 Å². The summed E-state index contributed by atoms with van der Waals surface area (Å²) < 4.78 is 16.8. The molecule has 1 amide bonds. The number of carbonyl (C=O) groups excluding carboxylic acids is 2. The van der Waals surface area contributed by atoms with Crippen molar-refractivity contribution in [1.82, 2.24) is 4.90 Å². The Morgan fingerprint density at radius 2 is 1.92 bits per heavy atom.